The lowest BCUT2D eigenvalue weighted by atomic mass is 10.1. The Kier molecular flexibility index (Phi) is 1.86. The van der Waals surface area contributed by atoms with Crippen LogP contribution in [0, 0.1) is 11.3 Å². The number of oxazole rings is 1. The molecule has 0 spiro atoms. The highest BCUT2D eigenvalue weighted by molar-refractivity contribution is 5.80. The van der Waals surface area contributed by atoms with Crippen molar-refractivity contribution >= 4 is 11.1 Å². The summed E-state index contributed by atoms with van der Waals surface area (Å²) < 4.78 is 4.89. The van der Waals surface area contributed by atoms with Gasteiger partial charge in [-0.05, 0) is 18.2 Å². The van der Waals surface area contributed by atoms with Gasteiger partial charge in [0.15, 0.2) is 11.3 Å². The molecule has 6 nitrogen and oxygen atoms in total. The number of fused-ring (bicyclic) bond motifs is 1. The van der Waals surface area contributed by atoms with Crippen LogP contribution in [0.1, 0.15) is 5.69 Å². The predicted molar refractivity (Wildman–Crippen MR) is 59.1 cm³/mol. The van der Waals surface area contributed by atoms with Gasteiger partial charge in [0.25, 0.3) is 0 Å². The number of nitrogens with one attached hydrogen (secondary N) is 2. The van der Waals surface area contributed by atoms with E-state index in [0.29, 0.717) is 22.5 Å². The molecule has 0 unspecified atom stereocenters. The van der Waals surface area contributed by atoms with E-state index >= 15 is 0 Å². The molecule has 82 valence electrons. The van der Waals surface area contributed by atoms with Crippen molar-refractivity contribution < 1.29 is 4.42 Å². The van der Waals surface area contributed by atoms with Crippen LogP contribution >= 0.6 is 0 Å². The van der Waals surface area contributed by atoms with Gasteiger partial charge in [0.2, 0.25) is 0 Å². The molecule has 0 aliphatic rings. The van der Waals surface area contributed by atoms with Gasteiger partial charge in [-0.25, -0.2) is 9.78 Å². The topological polar surface area (TPSA) is 98.5 Å². The summed E-state index contributed by atoms with van der Waals surface area (Å²) in [7, 11) is 0. The van der Waals surface area contributed by atoms with Gasteiger partial charge in [-0.15, -0.1) is 0 Å². The lowest BCUT2D eigenvalue weighted by Gasteiger charge is -1.97. The van der Waals surface area contributed by atoms with Crippen molar-refractivity contribution in [3.05, 3.63) is 40.8 Å². The van der Waals surface area contributed by atoms with Crippen molar-refractivity contribution in [2.24, 2.45) is 0 Å². The first-order valence-corrected chi connectivity index (χ1v) is 4.84. The lowest BCUT2D eigenvalue weighted by molar-refractivity contribution is 0.555. The minimum atomic E-state index is -0.498. The second-order valence-electron chi connectivity index (χ2n) is 3.46. The summed E-state index contributed by atoms with van der Waals surface area (Å²) in [6, 6.07) is 7.15. The van der Waals surface area contributed by atoms with E-state index in [1.807, 2.05) is 6.07 Å². The molecule has 2 heterocycles. The van der Waals surface area contributed by atoms with Gasteiger partial charge < -0.3 is 9.40 Å². The Bertz CT molecular complexity index is 788. The number of H-pyrrole nitrogens is 2. The number of aromatic nitrogens is 3. The molecule has 2 aromatic heterocycles. The van der Waals surface area contributed by atoms with E-state index in [4.69, 9.17) is 9.68 Å². The van der Waals surface area contributed by atoms with Crippen LogP contribution in [0.2, 0.25) is 0 Å². The van der Waals surface area contributed by atoms with Crippen molar-refractivity contribution in [1.29, 1.82) is 5.26 Å². The fraction of sp³-hybridized carbons (Fsp3) is 0. The molecule has 0 fully saturated rings. The molecule has 0 aliphatic heterocycles. The zero-order chi connectivity index (χ0) is 11.8. The molecule has 6 heteroatoms. The number of imidazole rings is 1. The normalized spacial score (nSPS) is 10.5. The number of nitriles is 1. The number of nitrogens with zero attached hydrogens (tertiary/aromatic N) is 2. The largest absolute Gasteiger partial charge is 0.417 e. The van der Waals surface area contributed by atoms with Crippen LogP contribution < -0.4 is 5.76 Å². The van der Waals surface area contributed by atoms with Crippen LogP contribution in [-0.2, 0) is 0 Å². The van der Waals surface area contributed by atoms with Gasteiger partial charge in [-0.3, -0.25) is 4.98 Å². The quantitative estimate of drug-likeness (QED) is 0.654. The first-order valence-electron chi connectivity index (χ1n) is 4.84. The summed E-state index contributed by atoms with van der Waals surface area (Å²) in [5.41, 5.74) is 2.78. The number of hydrogen-bond acceptors (Lipinski definition) is 4. The number of rotatable bonds is 1. The maximum Gasteiger partial charge on any atom is 0.417 e. The van der Waals surface area contributed by atoms with Crippen molar-refractivity contribution in [3.63, 3.8) is 0 Å². The fourth-order valence-corrected chi connectivity index (χ4v) is 1.71. The zero-order valence-corrected chi connectivity index (χ0v) is 8.52. The Hall–Kier alpha value is -2.81. The highest BCUT2D eigenvalue weighted by atomic mass is 16.4. The number of benzene rings is 1. The Morgan fingerprint density at radius 1 is 1.41 bits per heavy atom. The summed E-state index contributed by atoms with van der Waals surface area (Å²) in [4.78, 5) is 20.3. The summed E-state index contributed by atoms with van der Waals surface area (Å²) in [6.07, 6.45) is 1.45. The van der Waals surface area contributed by atoms with Crippen LogP contribution in [0.15, 0.2) is 33.7 Å². The van der Waals surface area contributed by atoms with Crippen molar-refractivity contribution in [2.75, 3.05) is 0 Å². The Balaban J connectivity index is 2.25. The fourth-order valence-electron chi connectivity index (χ4n) is 1.71. The van der Waals surface area contributed by atoms with Gasteiger partial charge in [0, 0.05) is 5.56 Å². The summed E-state index contributed by atoms with van der Waals surface area (Å²) >= 11 is 0. The van der Waals surface area contributed by atoms with Crippen molar-refractivity contribution in [3.8, 4) is 17.3 Å². The molecule has 1 aromatic carbocycles. The molecule has 0 bridgehead atoms. The van der Waals surface area contributed by atoms with E-state index < -0.39 is 5.76 Å². The van der Waals surface area contributed by atoms with E-state index in [1.165, 1.54) is 6.33 Å². The first kappa shape index (κ1) is 9.42. The lowest BCUT2D eigenvalue weighted by Crippen LogP contribution is -1.92. The molecule has 0 saturated heterocycles. The van der Waals surface area contributed by atoms with Gasteiger partial charge in [0.1, 0.15) is 6.07 Å². The van der Waals surface area contributed by atoms with Gasteiger partial charge in [-0.2, -0.15) is 5.26 Å². The average molecular weight is 226 g/mol. The first-order chi connectivity index (χ1) is 8.28. The van der Waals surface area contributed by atoms with E-state index in [1.54, 1.807) is 18.2 Å². The Labute approximate surface area is 94.5 Å². The maximum absolute atomic E-state index is 11.0. The standard InChI is InChI=1S/C11H6N4O2/c12-4-8-10(14-5-13-8)6-1-2-9-7(3-6)15-11(16)17-9/h1-3,5H,(H,13,14)(H,15,16). The van der Waals surface area contributed by atoms with E-state index in [0.717, 1.165) is 5.56 Å². The van der Waals surface area contributed by atoms with Crippen LogP contribution in [0.5, 0.6) is 0 Å². The van der Waals surface area contributed by atoms with E-state index in [2.05, 4.69) is 15.0 Å². The second-order valence-corrected chi connectivity index (χ2v) is 3.46. The van der Waals surface area contributed by atoms with Gasteiger partial charge in [-0.1, -0.05) is 0 Å². The van der Waals surface area contributed by atoms with Crippen molar-refractivity contribution in [1.82, 2.24) is 15.0 Å². The van der Waals surface area contributed by atoms with Crippen LogP contribution in [-0.4, -0.2) is 15.0 Å². The third-order valence-electron chi connectivity index (χ3n) is 2.45. The summed E-state index contributed by atoms with van der Waals surface area (Å²) in [6.45, 7) is 0. The smallest absolute Gasteiger partial charge is 0.408 e. The third kappa shape index (κ3) is 1.41. The molecule has 0 aliphatic carbocycles. The molecule has 0 radical (unpaired) electrons. The highest BCUT2D eigenvalue weighted by Crippen LogP contribution is 2.23. The Morgan fingerprint density at radius 2 is 2.29 bits per heavy atom. The minimum absolute atomic E-state index is 0.315. The molecule has 0 atom stereocenters. The number of aromatic amines is 2. The minimum Gasteiger partial charge on any atom is -0.408 e. The number of hydrogen-bond donors (Lipinski definition) is 2. The SMILES string of the molecule is N#Cc1nc[nH]c1-c1ccc2oc(=O)[nH]c2c1. The Morgan fingerprint density at radius 3 is 3.12 bits per heavy atom. The maximum atomic E-state index is 11.0. The van der Waals surface area contributed by atoms with Crippen molar-refractivity contribution in [2.45, 2.75) is 0 Å². The molecular weight excluding hydrogens is 220 g/mol. The third-order valence-corrected chi connectivity index (χ3v) is 2.45. The van der Waals surface area contributed by atoms with Crippen LogP contribution in [0.3, 0.4) is 0 Å². The molecule has 0 amide bonds. The molecule has 3 rings (SSSR count). The van der Waals surface area contributed by atoms with E-state index in [9.17, 15) is 4.79 Å². The molecular formula is C11H6N4O2. The summed E-state index contributed by atoms with van der Waals surface area (Å²) in [5, 5.41) is 8.88. The molecule has 3 aromatic rings. The average Bonchev–Trinajstić information content (AvgIpc) is 2.91. The van der Waals surface area contributed by atoms with Crippen LogP contribution in [0.4, 0.5) is 0 Å². The van der Waals surface area contributed by atoms with Crippen LogP contribution in [0.25, 0.3) is 22.4 Å². The predicted octanol–water partition coefficient (Wildman–Crippen LogP) is 1.38. The van der Waals surface area contributed by atoms with E-state index in [-0.39, 0.29) is 0 Å². The zero-order valence-electron chi connectivity index (χ0n) is 8.52. The highest BCUT2D eigenvalue weighted by Gasteiger charge is 2.09. The second kappa shape index (κ2) is 3.35. The van der Waals surface area contributed by atoms with Gasteiger partial charge in [0.05, 0.1) is 17.5 Å². The van der Waals surface area contributed by atoms with Gasteiger partial charge >= 0.3 is 5.76 Å². The molecule has 17 heavy (non-hydrogen) atoms. The molecule has 0 saturated carbocycles. The molecule has 2 N–H and O–H groups in total. The summed E-state index contributed by atoms with van der Waals surface area (Å²) in [5.74, 6) is -0.498. The monoisotopic (exact) mass is 226 g/mol.